The Kier molecular flexibility index (Phi) is 6.26. The number of carboxylic acid groups (broad SMARTS) is 1. The first kappa shape index (κ1) is 23.4. The van der Waals surface area contributed by atoms with Crippen LogP contribution in [-0.2, 0) is 14.3 Å². The summed E-state index contributed by atoms with van der Waals surface area (Å²) < 4.78 is 5.72. The van der Waals surface area contributed by atoms with Crippen molar-refractivity contribution < 1.29 is 24.2 Å². The van der Waals surface area contributed by atoms with Crippen LogP contribution in [-0.4, -0.2) is 53.2 Å². The normalized spacial score (nSPS) is 18.7. The summed E-state index contributed by atoms with van der Waals surface area (Å²) in [6.45, 7) is 3.26. The topological polar surface area (TPSA) is 95.9 Å². The van der Waals surface area contributed by atoms with Crippen LogP contribution in [0.25, 0.3) is 11.1 Å². The van der Waals surface area contributed by atoms with Crippen molar-refractivity contribution in [2.45, 2.75) is 50.5 Å². The van der Waals surface area contributed by atoms with E-state index in [-0.39, 0.29) is 30.8 Å². The highest BCUT2D eigenvalue weighted by molar-refractivity contribution is 5.91. The molecular weight excluding hydrogens is 444 g/mol. The van der Waals surface area contributed by atoms with Crippen LogP contribution in [0.15, 0.2) is 48.5 Å². The molecule has 2 aliphatic carbocycles. The quantitative estimate of drug-likeness (QED) is 0.559. The summed E-state index contributed by atoms with van der Waals surface area (Å²) in [6.07, 6.45) is 2.83. The molecule has 2 N–H and O–H groups in total. The average molecular weight is 477 g/mol. The second kappa shape index (κ2) is 9.36. The lowest BCUT2D eigenvalue weighted by atomic mass is 9.88. The van der Waals surface area contributed by atoms with Crippen LogP contribution in [0.2, 0.25) is 0 Å². The number of aliphatic carboxylic acids is 1. The van der Waals surface area contributed by atoms with Gasteiger partial charge in [0.2, 0.25) is 5.91 Å². The third kappa shape index (κ3) is 4.64. The number of carbonyl (C=O) groups is 3. The zero-order chi connectivity index (χ0) is 24.6. The highest BCUT2D eigenvalue weighted by Crippen LogP contribution is 2.45. The number of hydrogen-bond donors (Lipinski definition) is 2. The number of likely N-dealkylation sites (tertiary alicyclic amines) is 1. The summed E-state index contributed by atoms with van der Waals surface area (Å²) in [7, 11) is 0. The van der Waals surface area contributed by atoms with E-state index in [2.05, 4.69) is 29.6 Å². The van der Waals surface area contributed by atoms with Crippen LogP contribution in [0.4, 0.5) is 4.79 Å². The predicted molar refractivity (Wildman–Crippen MR) is 131 cm³/mol. The Morgan fingerprint density at radius 3 is 2.20 bits per heavy atom. The van der Waals surface area contributed by atoms with Crippen molar-refractivity contribution >= 4 is 18.0 Å². The molecule has 35 heavy (non-hydrogen) atoms. The van der Waals surface area contributed by atoms with Gasteiger partial charge in [-0.05, 0) is 66.7 Å². The van der Waals surface area contributed by atoms with Gasteiger partial charge in [0.1, 0.15) is 12.1 Å². The molecule has 1 saturated carbocycles. The van der Waals surface area contributed by atoms with E-state index >= 15 is 0 Å². The lowest BCUT2D eigenvalue weighted by Crippen LogP contribution is -2.64. The van der Waals surface area contributed by atoms with Crippen molar-refractivity contribution in [2.75, 3.05) is 19.7 Å². The Labute approximate surface area is 205 Å². The molecule has 0 spiro atoms. The highest BCUT2D eigenvalue weighted by Gasteiger charge is 2.52. The Hall–Kier alpha value is -3.35. The fraction of sp³-hybridized carbons (Fsp3) is 0.464. The first-order valence-corrected chi connectivity index (χ1v) is 12.5. The summed E-state index contributed by atoms with van der Waals surface area (Å²) in [4.78, 5) is 38.8. The zero-order valence-corrected chi connectivity index (χ0v) is 20.0. The van der Waals surface area contributed by atoms with Crippen LogP contribution in [0.3, 0.4) is 0 Å². The molecule has 2 aromatic carbocycles. The van der Waals surface area contributed by atoms with Gasteiger partial charge in [-0.25, -0.2) is 4.79 Å². The van der Waals surface area contributed by atoms with E-state index in [0.29, 0.717) is 25.4 Å². The molecular formula is C28H32N2O5. The molecule has 0 bridgehead atoms. The van der Waals surface area contributed by atoms with Gasteiger partial charge in [0, 0.05) is 25.4 Å². The van der Waals surface area contributed by atoms with Gasteiger partial charge < -0.3 is 20.1 Å². The van der Waals surface area contributed by atoms with Crippen molar-refractivity contribution in [3.8, 4) is 11.1 Å². The number of carbonyl (C=O) groups excluding carboxylic acids is 2. The molecule has 1 atom stereocenters. The molecule has 2 aromatic rings. The van der Waals surface area contributed by atoms with Gasteiger partial charge in [-0.2, -0.15) is 0 Å². The molecule has 1 unspecified atom stereocenters. The third-order valence-corrected chi connectivity index (χ3v) is 7.79. The SMILES string of the molecule is CC(NC(=O)OCC1c2ccccc2-c2ccccc21)(C(=O)N1CC(CCCC(=O)O)C1)C1CC1. The number of alkyl carbamates (subject to hydrolysis) is 1. The van der Waals surface area contributed by atoms with Crippen LogP contribution in [0.5, 0.6) is 0 Å². The molecule has 3 aliphatic rings. The van der Waals surface area contributed by atoms with Gasteiger partial charge in [0.15, 0.2) is 0 Å². The van der Waals surface area contributed by atoms with Crippen LogP contribution >= 0.6 is 0 Å². The van der Waals surface area contributed by atoms with Crippen molar-refractivity contribution in [1.82, 2.24) is 10.2 Å². The molecule has 184 valence electrons. The number of rotatable bonds is 9. The first-order chi connectivity index (χ1) is 16.9. The minimum Gasteiger partial charge on any atom is -0.481 e. The number of hydrogen-bond acceptors (Lipinski definition) is 4. The first-order valence-electron chi connectivity index (χ1n) is 12.5. The van der Waals surface area contributed by atoms with Gasteiger partial charge in [0.25, 0.3) is 0 Å². The Morgan fingerprint density at radius 2 is 1.63 bits per heavy atom. The molecule has 0 radical (unpaired) electrons. The van der Waals surface area contributed by atoms with Gasteiger partial charge >= 0.3 is 12.1 Å². The Bertz CT molecular complexity index is 1090. The summed E-state index contributed by atoms with van der Waals surface area (Å²) in [6, 6.07) is 16.4. The molecule has 7 nitrogen and oxygen atoms in total. The van der Waals surface area contributed by atoms with Crippen LogP contribution in [0.1, 0.15) is 56.1 Å². The maximum atomic E-state index is 13.3. The molecule has 1 heterocycles. The van der Waals surface area contributed by atoms with Crippen molar-refractivity contribution in [2.24, 2.45) is 11.8 Å². The summed E-state index contributed by atoms with van der Waals surface area (Å²) in [5.41, 5.74) is 3.67. The minimum absolute atomic E-state index is 0.0297. The maximum absolute atomic E-state index is 13.3. The third-order valence-electron chi connectivity index (χ3n) is 7.79. The number of benzene rings is 2. The second-order valence-electron chi connectivity index (χ2n) is 10.3. The van der Waals surface area contributed by atoms with Gasteiger partial charge in [-0.15, -0.1) is 0 Å². The fourth-order valence-corrected chi connectivity index (χ4v) is 5.63. The highest BCUT2D eigenvalue weighted by atomic mass is 16.5. The maximum Gasteiger partial charge on any atom is 0.408 e. The summed E-state index contributed by atoms with van der Waals surface area (Å²) in [5.74, 6) is -0.440. The molecule has 5 rings (SSSR count). The lowest BCUT2D eigenvalue weighted by Gasteiger charge is -2.44. The monoisotopic (exact) mass is 476 g/mol. The van der Waals surface area contributed by atoms with Crippen LogP contribution < -0.4 is 5.32 Å². The molecule has 0 aromatic heterocycles. The van der Waals surface area contributed by atoms with E-state index in [9.17, 15) is 14.4 Å². The van der Waals surface area contributed by atoms with E-state index in [1.807, 2.05) is 31.2 Å². The molecule has 1 aliphatic heterocycles. The van der Waals surface area contributed by atoms with Crippen molar-refractivity contribution in [3.05, 3.63) is 59.7 Å². The van der Waals surface area contributed by atoms with Gasteiger partial charge in [-0.3, -0.25) is 9.59 Å². The second-order valence-corrected chi connectivity index (χ2v) is 10.3. The predicted octanol–water partition coefficient (Wildman–Crippen LogP) is 4.41. The smallest absolute Gasteiger partial charge is 0.408 e. The standard InChI is InChI=1S/C28H32N2O5/c1-28(19-13-14-19,26(33)30-15-18(16-30)7-6-12-25(31)32)29-27(34)35-17-24-22-10-4-2-8-20(22)21-9-3-5-11-23(21)24/h2-5,8-11,18-19,24H,6-7,12-17H2,1H3,(H,29,34)(H,31,32). The van der Waals surface area contributed by atoms with E-state index < -0.39 is 17.6 Å². The molecule has 2 fully saturated rings. The van der Waals surface area contributed by atoms with E-state index in [1.54, 1.807) is 4.90 Å². The largest absolute Gasteiger partial charge is 0.481 e. The number of nitrogens with one attached hydrogen (secondary N) is 1. The molecule has 2 amide bonds. The number of carboxylic acids is 1. The van der Waals surface area contributed by atoms with E-state index in [1.165, 1.54) is 11.1 Å². The Morgan fingerprint density at radius 1 is 1.03 bits per heavy atom. The number of nitrogens with zero attached hydrogens (tertiary/aromatic N) is 1. The lowest BCUT2D eigenvalue weighted by molar-refractivity contribution is -0.145. The number of ether oxygens (including phenoxy) is 1. The average Bonchev–Trinajstić information content (AvgIpc) is 3.62. The minimum atomic E-state index is -0.978. The van der Waals surface area contributed by atoms with Gasteiger partial charge in [0.05, 0.1) is 0 Å². The molecule has 1 saturated heterocycles. The van der Waals surface area contributed by atoms with E-state index in [4.69, 9.17) is 9.84 Å². The molecule has 7 heteroatoms. The van der Waals surface area contributed by atoms with Crippen molar-refractivity contribution in [3.63, 3.8) is 0 Å². The van der Waals surface area contributed by atoms with E-state index in [0.717, 1.165) is 30.4 Å². The number of amides is 2. The fourth-order valence-electron chi connectivity index (χ4n) is 5.63. The summed E-state index contributed by atoms with van der Waals surface area (Å²) >= 11 is 0. The van der Waals surface area contributed by atoms with Crippen LogP contribution in [0, 0.1) is 11.8 Å². The summed E-state index contributed by atoms with van der Waals surface area (Å²) in [5, 5.41) is 11.7. The zero-order valence-electron chi connectivity index (χ0n) is 20.0. The Balaban J connectivity index is 1.19. The van der Waals surface area contributed by atoms with Crippen molar-refractivity contribution in [1.29, 1.82) is 0 Å². The number of fused-ring (bicyclic) bond motifs is 3. The van der Waals surface area contributed by atoms with Gasteiger partial charge in [-0.1, -0.05) is 48.5 Å².